The molecule has 0 bridgehead atoms. The number of benzene rings is 3. The van der Waals surface area contributed by atoms with Crippen LogP contribution in [-0.4, -0.2) is 77.7 Å². The molecule has 4 heterocycles. The van der Waals surface area contributed by atoms with Crippen LogP contribution in [0.3, 0.4) is 0 Å². The molecule has 11 nitrogen and oxygen atoms in total. The largest absolute Gasteiger partial charge is 0.493 e. The van der Waals surface area contributed by atoms with Crippen molar-refractivity contribution in [1.29, 1.82) is 0 Å². The lowest BCUT2D eigenvalue weighted by Crippen LogP contribution is -2.39. The predicted octanol–water partition coefficient (Wildman–Crippen LogP) is 9.26. The van der Waals surface area contributed by atoms with E-state index in [9.17, 15) is 14.4 Å². The van der Waals surface area contributed by atoms with Gasteiger partial charge in [-0.3, -0.25) is 19.8 Å². The Labute approximate surface area is 351 Å². The smallest absolute Gasteiger partial charge is 0.358 e. The summed E-state index contributed by atoms with van der Waals surface area (Å²) >= 11 is 1.45. The van der Waals surface area contributed by atoms with Crippen LogP contribution in [0.4, 0.5) is 10.9 Å². The number of nitrogens with zero attached hydrogens (tertiary/aromatic N) is 4. The Bertz CT molecular complexity index is 2270. The number of anilines is 2. The first-order valence-electron chi connectivity index (χ1n) is 20.8. The van der Waals surface area contributed by atoms with Gasteiger partial charge in [0.15, 0.2) is 10.8 Å². The standard InChI is InChI=1S/C47H55N5O6S/c1-6-56-42(53)30-51-25-13-15-32(28-51)14-9-10-27-57-39-20-12-17-34(31(39)2)35-22-23-41(49-43(35)45(55)58-47(3,4)5)52-26-24-33-16-11-18-36(37(33)29-52)44(54)50-46-48-38-19-7-8-21-40(38)59-46/h7-8,11-12,16-23,32H,6,9-10,13-15,24-30H2,1-5H3,(H,48,50,54)/t32-/m1/s1. The number of likely N-dealkylation sites (tertiary alicyclic amines) is 1. The van der Waals surface area contributed by atoms with Crippen molar-refractivity contribution in [1.82, 2.24) is 14.9 Å². The molecule has 1 fully saturated rings. The fourth-order valence-electron chi connectivity index (χ4n) is 8.10. The minimum Gasteiger partial charge on any atom is -0.493 e. The van der Waals surface area contributed by atoms with Crippen molar-refractivity contribution >= 4 is 50.3 Å². The number of para-hydroxylation sites is 1. The topological polar surface area (TPSA) is 123 Å². The van der Waals surface area contributed by atoms with Crippen LogP contribution in [0.15, 0.2) is 72.8 Å². The van der Waals surface area contributed by atoms with Gasteiger partial charge in [-0.2, -0.15) is 0 Å². The van der Waals surface area contributed by atoms with E-state index in [2.05, 4.69) is 26.2 Å². The van der Waals surface area contributed by atoms with Gasteiger partial charge in [-0.1, -0.05) is 47.7 Å². The summed E-state index contributed by atoms with van der Waals surface area (Å²) in [7, 11) is 0. The molecule has 3 aromatic carbocycles. The average molecular weight is 818 g/mol. The molecule has 2 aromatic heterocycles. The number of unbranched alkanes of at least 4 members (excludes halogenated alkanes) is 1. The molecule has 2 aliphatic heterocycles. The summed E-state index contributed by atoms with van der Waals surface area (Å²) in [6.07, 6.45) is 6.06. The maximum Gasteiger partial charge on any atom is 0.358 e. The number of aromatic nitrogens is 2. The summed E-state index contributed by atoms with van der Waals surface area (Å²) in [5.41, 5.74) is 5.43. The van der Waals surface area contributed by atoms with Crippen LogP contribution in [-0.2, 0) is 27.2 Å². The molecule has 12 heteroatoms. The van der Waals surface area contributed by atoms with E-state index in [1.54, 1.807) is 0 Å². The fourth-order valence-corrected chi connectivity index (χ4v) is 8.96. The number of hydrogen-bond donors (Lipinski definition) is 1. The molecule has 0 spiro atoms. The highest BCUT2D eigenvalue weighted by Crippen LogP contribution is 2.36. The molecule has 0 radical (unpaired) electrons. The summed E-state index contributed by atoms with van der Waals surface area (Å²) in [6, 6.07) is 23.5. The van der Waals surface area contributed by atoms with Gasteiger partial charge in [0.05, 0.1) is 30.0 Å². The number of piperidine rings is 1. The number of ether oxygens (including phenoxy) is 3. The molecular weight excluding hydrogens is 763 g/mol. The number of thiazole rings is 1. The van der Waals surface area contributed by atoms with E-state index in [1.165, 1.54) is 17.8 Å². The summed E-state index contributed by atoms with van der Waals surface area (Å²) in [6.45, 7) is 13.8. The predicted molar refractivity (Wildman–Crippen MR) is 233 cm³/mol. The van der Waals surface area contributed by atoms with E-state index in [-0.39, 0.29) is 17.6 Å². The number of carbonyl (C=O) groups excluding carboxylic acids is 3. The zero-order chi connectivity index (χ0) is 41.5. The first-order chi connectivity index (χ1) is 28.5. The highest BCUT2D eigenvalue weighted by atomic mass is 32.1. The van der Waals surface area contributed by atoms with E-state index in [1.807, 2.05) is 101 Å². The van der Waals surface area contributed by atoms with E-state index >= 15 is 0 Å². The van der Waals surface area contributed by atoms with Crippen molar-refractivity contribution in [3.05, 3.63) is 101 Å². The van der Waals surface area contributed by atoms with Gasteiger partial charge in [0.1, 0.15) is 17.2 Å². The molecule has 310 valence electrons. The van der Waals surface area contributed by atoms with Crippen LogP contribution in [0.5, 0.6) is 5.75 Å². The summed E-state index contributed by atoms with van der Waals surface area (Å²) < 4.78 is 18.4. The van der Waals surface area contributed by atoms with Crippen molar-refractivity contribution in [3.63, 3.8) is 0 Å². The van der Waals surface area contributed by atoms with Gasteiger partial charge in [-0.25, -0.2) is 14.8 Å². The third kappa shape index (κ3) is 10.5. The summed E-state index contributed by atoms with van der Waals surface area (Å²) in [5, 5.41) is 3.58. The number of pyridine rings is 1. The Kier molecular flexibility index (Phi) is 13.3. The van der Waals surface area contributed by atoms with Gasteiger partial charge in [-0.15, -0.1) is 0 Å². The lowest BCUT2D eigenvalue weighted by Gasteiger charge is -2.32. The van der Waals surface area contributed by atoms with Crippen LogP contribution < -0.4 is 15.0 Å². The summed E-state index contributed by atoms with van der Waals surface area (Å²) in [5.74, 6) is 1.12. The van der Waals surface area contributed by atoms with E-state index in [4.69, 9.17) is 19.2 Å². The third-order valence-corrected chi connectivity index (χ3v) is 11.9. The molecule has 0 aliphatic carbocycles. The van der Waals surface area contributed by atoms with Crippen LogP contribution in [0.25, 0.3) is 21.3 Å². The number of carbonyl (C=O) groups is 3. The lowest BCUT2D eigenvalue weighted by molar-refractivity contribution is -0.144. The molecule has 0 unspecified atom stereocenters. The normalized spacial score (nSPS) is 15.7. The monoisotopic (exact) mass is 817 g/mol. The molecule has 1 saturated heterocycles. The first-order valence-corrected chi connectivity index (χ1v) is 21.6. The van der Waals surface area contributed by atoms with Crippen molar-refractivity contribution < 1.29 is 28.6 Å². The van der Waals surface area contributed by atoms with Crippen molar-refractivity contribution in [2.24, 2.45) is 5.92 Å². The molecule has 1 atom stereocenters. The Morgan fingerprint density at radius 3 is 2.58 bits per heavy atom. The molecular formula is C47H55N5O6S. The average Bonchev–Trinajstić information content (AvgIpc) is 3.62. The maximum atomic E-state index is 13.9. The van der Waals surface area contributed by atoms with Crippen LogP contribution >= 0.6 is 11.3 Å². The van der Waals surface area contributed by atoms with E-state index in [0.717, 1.165) is 83.4 Å². The van der Waals surface area contributed by atoms with Gasteiger partial charge in [0, 0.05) is 30.8 Å². The fraction of sp³-hybridized carbons (Fsp3) is 0.426. The number of esters is 2. The Morgan fingerprint density at radius 2 is 1.76 bits per heavy atom. The number of amides is 1. The molecule has 1 amide bonds. The van der Waals surface area contributed by atoms with Crippen LogP contribution in [0.2, 0.25) is 0 Å². The zero-order valence-electron chi connectivity index (χ0n) is 34.8. The number of hydrogen-bond acceptors (Lipinski definition) is 11. The molecule has 2 aliphatic rings. The minimum absolute atomic E-state index is 0.143. The van der Waals surface area contributed by atoms with Gasteiger partial charge < -0.3 is 19.1 Å². The zero-order valence-corrected chi connectivity index (χ0v) is 35.7. The summed E-state index contributed by atoms with van der Waals surface area (Å²) in [4.78, 5) is 53.6. The molecule has 59 heavy (non-hydrogen) atoms. The van der Waals surface area contributed by atoms with Crippen molar-refractivity contribution in [2.45, 2.75) is 85.3 Å². The second-order valence-corrected chi connectivity index (χ2v) is 17.5. The highest BCUT2D eigenvalue weighted by Gasteiger charge is 2.28. The second kappa shape index (κ2) is 18.7. The van der Waals surface area contributed by atoms with E-state index < -0.39 is 11.6 Å². The Morgan fingerprint density at radius 1 is 0.932 bits per heavy atom. The molecule has 0 saturated carbocycles. The number of nitrogens with one attached hydrogen (secondary N) is 1. The number of rotatable bonds is 14. The molecule has 5 aromatic rings. The van der Waals surface area contributed by atoms with Gasteiger partial charge in [0.2, 0.25) is 0 Å². The van der Waals surface area contributed by atoms with Crippen molar-refractivity contribution in [3.8, 4) is 16.9 Å². The Hall–Kier alpha value is -5.33. The Balaban J connectivity index is 1.05. The minimum atomic E-state index is -0.724. The van der Waals surface area contributed by atoms with Gasteiger partial charge in [-0.05, 0) is 144 Å². The number of fused-ring (bicyclic) bond motifs is 2. The molecule has 7 rings (SSSR count). The third-order valence-electron chi connectivity index (χ3n) is 10.9. The van der Waals surface area contributed by atoms with Crippen molar-refractivity contribution in [2.75, 3.05) is 49.6 Å². The van der Waals surface area contributed by atoms with Gasteiger partial charge >= 0.3 is 11.9 Å². The highest BCUT2D eigenvalue weighted by molar-refractivity contribution is 7.22. The first kappa shape index (κ1) is 41.8. The van der Waals surface area contributed by atoms with Gasteiger partial charge in [0.25, 0.3) is 5.91 Å². The molecule has 1 N–H and O–H groups in total. The lowest BCUT2D eigenvalue weighted by atomic mass is 9.93. The van der Waals surface area contributed by atoms with Crippen LogP contribution in [0, 0.1) is 12.8 Å². The maximum absolute atomic E-state index is 13.9. The van der Waals surface area contributed by atoms with E-state index in [0.29, 0.717) is 60.8 Å². The van der Waals surface area contributed by atoms with Crippen LogP contribution in [0.1, 0.15) is 97.3 Å². The quantitative estimate of drug-likeness (QED) is 0.0857. The second-order valence-electron chi connectivity index (χ2n) is 16.4. The SMILES string of the molecule is CCOC(=O)CN1CCC[C@@H](CCCCOc2cccc(-c3ccc(N4CCc5cccc(C(=O)Nc6nc7ccccc7s6)c5C4)nc3C(=O)OC(C)(C)C)c2C)C1.